The molecule has 4 aromatic rings. The third-order valence-electron chi connectivity index (χ3n) is 3.62. The monoisotopic (exact) mass is 374 g/mol. The van der Waals surface area contributed by atoms with E-state index in [1.54, 1.807) is 46.4 Å². The van der Waals surface area contributed by atoms with Crippen LogP contribution in [0.25, 0.3) is 22.5 Å². The molecule has 4 heterocycles. The molecule has 0 aliphatic carbocycles. The fourth-order valence-corrected chi connectivity index (χ4v) is 4.59. The van der Waals surface area contributed by atoms with Crippen LogP contribution in [0.5, 0.6) is 0 Å². The minimum atomic E-state index is 0.911. The lowest BCUT2D eigenvalue weighted by Gasteiger charge is -2.09. The van der Waals surface area contributed by atoms with Crippen molar-refractivity contribution in [1.29, 1.82) is 0 Å². The molecule has 0 saturated carbocycles. The van der Waals surface area contributed by atoms with Gasteiger partial charge < -0.3 is 0 Å². The first-order valence-corrected chi connectivity index (χ1v) is 10.1. The van der Waals surface area contributed by atoms with Crippen molar-refractivity contribution in [3.05, 3.63) is 85.5 Å². The van der Waals surface area contributed by atoms with Crippen molar-refractivity contribution in [2.75, 3.05) is 0 Å². The molecule has 0 radical (unpaired) electrons. The number of hydrogen-bond acceptors (Lipinski definition) is 6. The van der Waals surface area contributed by atoms with Gasteiger partial charge >= 0.3 is 0 Å². The van der Waals surface area contributed by atoms with Crippen LogP contribution in [0.3, 0.4) is 0 Å². The highest BCUT2D eigenvalue weighted by Crippen LogP contribution is 2.42. The molecule has 0 aromatic carbocycles. The molecule has 6 heteroatoms. The Kier molecular flexibility index (Phi) is 5.23. The molecule has 26 heavy (non-hydrogen) atoms. The van der Waals surface area contributed by atoms with E-state index in [1.165, 1.54) is 0 Å². The Morgan fingerprint density at radius 2 is 0.923 bits per heavy atom. The zero-order chi connectivity index (χ0) is 17.6. The number of pyridine rings is 4. The van der Waals surface area contributed by atoms with Crippen molar-refractivity contribution >= 4 is 21.6 Å². The first kappa shape index (κ1) is 16.8. The standard InChI is InChI=1S/C20H14N4S2/c1-3-11-21-17(9-1)15-7-5-13-23-19(15)25-26-20-16(8-6-14-24-20)18-10-2-4-12-22-18/h1-14H. The van der Waals surface area contributed by atoms with Crippen LogP contribution in [0.2, 0.25) is 0 Å². The molecule has 0 spiro atoms. The number of hydrogen-bond donors (Lipinski definition) is 0. The van der Waals surface area contributed by atoms with E-state index in [0.29, 0.717) is 0 Å². The molecule has 0 atom stereocenters. The van der Waals surface area contributed by atoms with Crippen LogP contribution in [-0.4, -0.2) is 19.9 Å². The van der Waals surface area contributed by atoms with Crippen LogP contribution in [-0.2, 0) is 0 Å². The predicted molar refractivity (Wildman–Crippen MR) is 107 cm³/mol. The van der Waals surface area contributed by atoms with Crippen molar-refractivity contribution in [1.82, 2.24) is 19.9 Å². The van der Waals surface area contributed by atoms with Crippen LogP contribution >= 0.6 is 21.6 Å². The average molecular weight is 374 g/mol. The first-order chi connectivity index (χ1) is 12.9. The average Bonchev–Trinajstić information content (AvgIpc) is 2.74. The molecule has 0 unspecified atom stereocenters. The molecular weight excluding hydrogens is 360 g/mol. The number of rotatable bonds is 5. The predicted octanol–water partition coefficient (Wildman–Crippen LogP) is 5.40. The molecule has 0 amide bonds. The molecule has 4 aromatic heterocycles. The Bertz CT molecular complexity index is 912. The lowest BCUT2D eigenvalue weighted by Crippen LogP contribution is -1.89. The van der Waals surface area contributed by atoms with E-state index in [1.807, 2.05) is 60.7 Å². The van der Waals surface area contributed by atoms with E-state index in [4.69, 9.17) is 0 Å². The van der Waals surface area contributed by atoms with Crippen LogP contribution in [0.1, 0.15) is 0 Å². The van der Waals surface area contributed by atoms with Gasteiger partial charge in [0.1, 0.15) is 10.1 Å². The first-order valence-electron chi connectivity index (χ1n) is 7.99. The van der Waals surface area contributed by atoms with Gasteiger partial charge in [0.05, 0.1) is 11.4 Å². The second-order valence-electron chi connectivity index (χ2n) is 5.31. The van der Waals surface area contributed by atoms with Crippen LogP contribution in [0.15, 0.2) is 95.5 Å². The second kappa shape index (κ2) is 8.12. The lowest BCUT2D eigenvalue weighted by atomic mass is 10.2. The third-order valence-corrected chi connectivity index (χ3v) is 5.87. The normalized spacial score (nSPS) is 10.6. The van der Waals surface area contributed by atoms with Crippen molar-refractivity contribution in [2.45, 2.75) is 10.1 Å². The summed E-state index contributed by atoms with van der Waals surface area (Å²) in [4.78, 5) is 17.9. The molecule has 0 saturated heterocycles. The summed E-state index contributed by atoms with van der Waals surface area (Å²) in [5.74, 6) is 0. The molecule has 0 N–H and O–H groups in total. The van der Waals surface area contributed by atoms with Crippen LogP contribution < -0.4 is 0 Å². The molecule has 126 valence electrons. The Morgan fingerprint density at radius 3 is 1.35 bits per heavy atom. The van der Waals surface area contributed by atoms with Gasteiger partial charge in [0.15, 0.2) is 0 Å². The van der Waals surface area contributed by atoms with Crippen molar-refractivity contribution in [3.8, 4) is 22.5 Å². The molecule has 0 aliphatic rings. The van der Waals surface area contributed by atoms with Gasteiger partial charge in [0, 0.05) is 35.9 Å². The highest BCUT2D eigenvalue weighted by atomic mass is 33.1. The minimum absolute atomic E-state index is 0.911. The van der Waals surface area contributed by atoms with Crippen LogP contribution in [0.4, 0.5) is 0 Å². The number of aromatic nitrogens is 4. The Hall–Kier alpha value is -2.70. The number of nitrogens with zero attached hydrogens (tertiary/aromatic N) is 4. The van der Waals surface area contributed by atoms with Gasteiger partial charge in [0.2, 0.25) is 0 Å². The molecule has 0 bridgehead atoms. The van der Waals surface area contributed by atoms with E-state index in [2.05, 4.69) is 19.9 Å². The molecule has 0 fully saturated rings. The van der Waals surface area contributed by atoms with Gasteiger partial charge in [-0.3, -0.25) is 9.97 Å². The van der Waals surface area contributed by atoms with Crippen molar-refractivity contribution < 1.29 is 0 Å². The fraction of sp³-hybridized carbons (Fsp3) is 0. The van der Waals surface area contributed by atoms with E-state index >= 15 is 0 Å². The second-order valence-corrected chi connectivity index (χ2v) is 7.42. The zero-order valence-electron chi connectivity index (χ0n) is 13.7. The maximum absolute atomic E-state index is 4.53. The topological polar surface area (TPSA) is 51.6 Å². The minimum Gasteiger partial charge on any atom is -0.256 e. The fourth-order valence-electron chi connectivity index (χ4n) is 2.43. The summed E-state index contributed by atoms with van der Waals surface area (Å²) in [5, 5.41) is 1.82. The Morgan fingerprint density at radius 1 is 0.462 bits per heavy atom. The van der Waals surface area contributed by atoms with Crippen molar-refractivity contribution in [2.24, 2.45) is 0 Å². The lowest BCUT2D eigenvalue weighted by molar-refractivity contribution is 1.12. The van der Waals surface area contributed by atoms with E-state index < -0.39 is 0 Å². The quantitative estimate of drug-likeness (QED) is 0.436. The Labute approximate surface area is 159 Å². The van der Waals surface area contributed by atoms with Gasteiger partial charge in [-0.15, -0.1) is 0 Å². The zero-order valence-corrected chi connectivity index (χ0v) is 15.3. The SMILES string of the molecule is c1ccc(-c2cccnc2SSc2ncccc2-c2ccccn2)nc1. The summed E-state index contributed by atoms with van der Waals surface area (Å²) >= 11 is 0. The van der Waals surface area contributed by atoms with Gasteiger partial charge in [-0.2, -0.15) is 0 Å². The Balaban J connectivity index is 1.62. The van der Waals surface area contributed by atoms with E-state index in [0.717, 1.165) is 32.6 Å². The maximum atomic E-state index is 4.53. The summed E-state index contributed by atoms with van der Waals surface area (Å²) in [7, 11) is 3.16. The molecule has 4 nitrogen and oxygen atoms in total. The van der Waals surface area contributed by atoms with E-state index in [-0.39, 0.29) is 0 Å². The summed E-state index contributed by atoms with van der Waals surface area (Å²) in [6, 6.07) is 19.7. The highest BCUT2D eigenvalue weighted by Gasteiger charge is 2.12. The van der Waals surface area contributed by atoms with Gasteiger partial charge in [-0.05, 0) is 70.1 Å². The maximum Gasteiger partial charge on any atom is 0.116 e. The largest absolute Gasteiger partial charge is 0.256 e. The van der Waals surface area contributed by atoms with Crippen molar-refractivity contribution in [3.63, 3.8) is 0 Å². The van der Waals surface area contributed by atoms with E-state index in [9.17, 15) is 0 Å². The molecular formula is C20H14N4S2. The molecule has 0 aliphatic heterocycles. The summed E-state index contributed by atoms with van der Waals surface area (Å²) in [5.41, 5.74) is 3.85. The van der Waals surface area contributed by atoms with Gasteiger partial charge in [0.25, 0.3) is 0 Å². The van der Waals surface area contributed by atoms with Crippen LogP contribution in [0, 0.1) is 0 Å². The summed E-state index contributed by atoms with van der Waals surface area (Å²) < 4.78 is 0. The van der Waals surface area contributed by atoms with Gasteiger partial charge in [-0.25, -0.2) is 9.97 Å². The van der Waals surface area contributed by atoms with Gasteiger partial charge in [-0.1, -0.05) is 12.1 Å². The highest BCUT2D eigenvalue weighted by molar-refractivity contribution is 8.76. The summed E-state index contributed by atoms with van der Waals surface area (Å²) in [6.45, 7) is 0. The third kappa shape index (κ3) is 3.76. The summed E-state index contributed by atoms with van der Waals surface area (Å²) in [6.07, 6.45) is 7.19. The smallest absolute Gasteiger partial charge is 0.116 e. The molecule has 4 rings (SSSR count).